The van der Waals surface area contributed by atoms with Gasteiger partial charge in [-0.3, -0.25) is 4.99 Å². The summed E-state index contributed by atoms with van der Waals surface area (Å²) in [5, 5.41) is 0. The van der Waals surface area contributed by atoms with Crippen molar-refractivity contribution >= 4 is 16.0 Å². The zero-order valence-electron chi connectivity index (χ0n) is 12.0. The van der Waals surface area contributed by atoms with E-state index in [-0.39, 0.29) is 0 Å². The van der Waals surface area contributed by atoms with Crippen molar-refractivity contribution in [3.8, 4) is 0 Å². The molecular formula is C12H26N4O2S. The maximum atomic E-state index is 11.4. The molecule has 0 aromatic carbocycles. The number of rotatable bonds is 6. The van der Waals surface area contributed by atoms with Crippen LogP contribution in [0.4, 0.5) is 0 Å². The third kappa shape index (κ3) is 5.78. The van der Waals surface area contributed by atoms with Crippen LogP contribution in [0.2, 0.25) is 0 Å². The van der Waals surface area contributed by atoms with Gasteiger partial charge in [-0.15, -0.1) is 0 Å². The number of piperidine rings is 1. The van der Waals surface area contributed by atoms with Gasteiger partial charge in [-0.2, -0.15) is 0 Å². The highest BCUT2D eigenvalue weighted by molar-refractivity contribution is 7.88. The van der Waals surface area contributed by atoms with Crippen LogP contribution < -0.4 is 5.73 Å². The lowest BCUT2D eigenvalue weighted by atomic mass is 10.1. The van der Waals surface area contributed by atoms with Crippen molar-refractivity contribution in [3.05, 3.63) is 0 Å². The molecule has 19 heavy (non-hydrogen) atoms. The van der Waals surface area contributed by atoms with E-state index < -0.39 is 10.0 Å². The number of sulfonamides is 1. The minimum absolute atomic E-state index is 0.504. The molecule has 7 heteroatoms. The minimum Gasteiger partial charge on any atom is -0.370 e. The summed E-state index contributed by atoms with van der Waals surface area (Å²) in [6, 6.07) is 0. The van der Waals surface area contributed by atoms with Crippen LogP contribution in [0.3, 0.4) is 0 Å². The molecule has 0 atom stereocenters. The van der Waals surface area contributed by atoms with Crippen molar-refractivity contribution in [2.24, 2.45) is 10.7 Å². The number of hydrogen-bond donors (Lipinski definition) is 1. The van der Waals surface area contributed by atoms with Gasteiger partial charge in [0, 0.05) is 32.7 Å². The van der Waals surface area contributed by atoms with Crippen molar-refractivity contribution in [3.63, 3.8) is 0 Å². The summed E-state index contributed by atoms with van der Waals surface area (Å²) in [6.45, 7) is 5.40. The van der Waals surface area contributed by atoms with Crippen LogP contribution in [0.1, 0.15) is 32.6 Å². The Hall–Kier alpha value is -0.820. The fourth-order valence-corrected chi connectivity index (χ4v) is 3.15. The molecule has 0 unspecified atom stereocenters. The topological polar surface area (TPSA) is 79.0 Å². The normalized spacial score (nSPS) is 18.1. The Morgan fingerprint density at radius 1 is 1.32 bits per heavy atom. The summed E-state index contributed by atoms with van der Waals surface area (Å²) in [5.41, 5.74) is 5.93. The van der Waals surface area contributed by atoms with Gasteiger partial charge in [0.15, 0.2) is 5.96 Å². The van der Waals surface area contributed by atoms with E-state index in [9.17, 15) is 8.42 Å². The van der Waals surface area contributed by atoms with Gasteiger partial charge >= 0.3 is 0 Å². The maximum absolute atomic E-state index is 11.4. The van der Waals surface area contributed by atoms with E-state index in [4.69, 9.17) is 5.73 Å². The van der Waals surface area contributed by atoms with Gasteiger partial charge in [0.05, 0.1) is 6.26 Å². The highest BCUT2D eigenvalue weighted by Gasteiger charge is 2.14. The number of likely N-dealkylation sites (tertiary alicyclic amines) is 1. The summed E-state index contributed by atoms with van der Waals surface area (Å²) in [6.07, 6.45) is 5.56. The lowest BCUT2D eigenvalue weighted by Gasteiger charge is -2.27. The van der Waals surface area contributed by atoms with Gasteiger partial charge in [-0.25, -0.2) is 12.7 Å². The first-order valence-corrected chi connectivity index (χ1v) is 8.80. The average Bonchev–Trinajstić information content (AvgIpc) is 2.38. The van der Waals surface area contributed by atoms with Gasteiger partial charge in [-0.1, -0.05) is 6.92 Å². The van der Waals surface area contributed by atoms with Crippen LogP contribution >= 0.6 is 0 Å². The minimum atomic E-state index is -3.09. The van der Waals surface area contributed by atoms with Gasteiger partial charge < -0.3 is 10.6 Å². The smallest absolute Gasteiger partial charge is 0.211 e. The molecule has 0 spiro atoms. The summed E-state index contributed by atoms with van der Waals surface area (Å²) in [7, 11) is -3.09. The highest BCUT2D eigenvalue weighted by atomic mass is 32.2. The first-order valence-electron chi connectivity index (χ1n) is 6.95. The number of nitrogens with zero attached hydrogens (tertiary/aromatic N) is 3. The van der Waals surface area contributed by atoms with Crippen LogP contribution in [0.15, 0.2) is 4.99 Å². The number of guanidine groups is 1. The Balaban J connectivity index is 2.32. The van der Waals surface area contributed by atoms with E-state index in [2.05, 4.69) is 9.89 Å². The van der Waals surface area contributed by atoms with Crippen LogP contribution in [0.25, 0.3) is 0 Å². The third-order valence-corrected chi connectivity index (χ3v) is 4.72. The largest absolute Gasteiger partial charge is 0.370 e. The zero-order valence-corrected chi connectivity index (χ0v) is 12.8. The van der Waals surface area contributed by atoms with Gasteiger partial charge in [0.25, 0.3) is 0 Å². The van der Waals surface area contributed by atoms with E-state index >= 15 is 0 Å². The summed E-state index contributed by atoms with van der Waals surface area (Å²) < 4.78 is 24.2. The second kappa shape index (κ2) is 7.69. The maximum Gasteiger partial charge on any atom is 0.211 e. The molecule has 0 radical (unpaired) electrons. The molecule has 0 amide bonds. The first kappa shape index (κ1) is 16.2. The molecule has 2 N–H and O–H groups in total. The van der Waals surface area contributed by atoms with Crippen molar-refractivity contribution in [2.75, 3.05) is 39.0 Å². The predicted octanol–water partition coefficient (Wildman–Crippen LogP) is 0.459. The molecular weight excluding hydrogens is 264 g/mol. The van der Waals surface area contributed by atoms with Gasteiger partial charge in [0.1, 0.15) is 0 Å². The molecule has 0 aliphatic carbocycles. The van der Waals surface area contributed by atoms with Crippen molar-refractivity contribution in [1.29, 1.82) is 0 Å². The molecule has 0 aromatic heterocycles. The average molecular weight is 290 g/mol. The van der Waals surface area contributed by atoms with Crippen molar-refractivity contribution < 1.29 is 8.42 Å². The molecule has 1 aliphatic rings. The Morgan fingerprint density at radius 2 is 1.95 bits per heavy atom. The molecule has 6 nitrogen and oxygen atoms in total. The monoisotopic (exact) mass is 290 g/mol. The van der Waals surface area contributed by atoms with Crippen molar-refractivity contribution in [2.45, 2.75) is 32.6 Å². The number of aliphatic imine (C=N–C) groups is 1. The fraction of sp³-hybridized carbons (Fsp3) is 0.917. The summed E-state index contributed by atoms with van der Waals surface area (Å²) in [5.74, 6) is 0.599. The standard InChI is InChI=1S/C12H26N4O2S/c1-3-16(19(2,17)18)11-7-8-14-12(13)15-9-5-4-6-10-15/h3-11H2,1-2H3,(H2,13,14). The Labute approximate surface area is 116 Å². The fourth-order valence-electron chi connectivity index (χ4n) is 2.22. The van der Waals surface area contributed by atoms with Crippen LogP contribution in [-0.4, -0.2) is 62.6 Å². The molecule has 1 saturated heterocycles. The summed E-state index contributed by atoms with van der Waals surface area (Å²) >= 11 is 0. The lowest BCUT2D eigenvalue weighted by Crippen LogP contribution is -2.41. The lowest BCUT2D eigenvalue weighted by molar-refractivity contribution is 0.337. The zero-order chi connectivity index (χ0) is 14.3. The van der Waals surface area contributed by atoms with E-state index in [0.717, 1.165) is 13.1 Å². The molecule has 1 aliphatic heterocycles. The molecule has 112 valence electrons. The van der Waals surface area contributed by atoms with Crippen molar-refractivity contribution in [1.82, 2.24) is 9.21 Å². The molecule has 0 aromatic rings. The summed E-state index contributed by atoms with van der Waals surface area (Å²) in [4.78, 5) is 6.44. The molecule has 1 heterocycles. The van der Waals surface area contributed by atoms with Crippen LogP contribution in [0, 0.1) is 0 Å². The predicted molar refractivity (Wildman–Crippen MR) is 78.6 cm³/mol. The SMILES string of the molecule is CCN(CCCN=C(N)N1CCCCC1)S(C)(=O)=O. The Bertz CT molecular complexity index is 389. The van der Waals surface area contributed by atoms with E-state index in [0.29, 0.717) is 32.0 Å². The second-order valence-electron chi connectivity index (χ2n) is 4.90. The van der Waals surface area contributed by atoms with E-state index in [1.54, 1.807) is 0 Å². The van der Waals surface area contributed by atoms with Crippen LogP contribution in [-0.2, 0) is 10.0 Å². The van der Waals surface area contributed by atoms with Gasteiger partial charge in [-0.05, 0) is 25.7 Å². The van der Waals surface area contributed by atoms with Gasteiger partial charge in [0.2, 0.25) is 10.0 Å². The number of hydrogen-bond acceptors (Lipinski definition) is 3. The van der Waals surface area contributed by atoms with E-state index in [1.807, 2.05) is 6.92 Å². The first-order chi connectivity index (χ1) is 8.95. The molecule has 1 fully saturated rings. The van der Waals surface area contributed by atoms with E-state index in [1.165, 1.54) is 29.8 Å². The highest BCUT2D eigenvalue weighted by Crippen LogP contribution is 2.08. The number of nitrogens with two attached hydrogens (primary N) is 1. The van der Waals surface area contributed by atoms with Crippen LogP contribution in [0.5, 0.6) is 0 Å². The second-order valence-corrected chi connectivity index (χ2v) is 6.88. The Morgan fingerprint density at radius 3 is 2.47 bits per heavy atom. The third-order valence-electron chi connectivity index (χ3n) is 3.34. The Kier molecular flexibility index (Phi) is 6.57. The molecule has 0 saturated carbocycles. The molecule has 0 bridgehead atoms. The molecule has 1 rings (SSSR count). The quantitative estimate of drug-likeness (QED) is 0.438.